The summed E-state index contributed by atoms with van der Waals surface area (Å²) in [6.45, 7) is 10.7. The lowest BCUT2D eigenvalue weighted by Gasteiger charge is -2.43. The Hall–Kier alpha value is -0.840. The van der Waals surface area contributed by atoms with Crippen LogP contribution in [0.25, 0.3) is 0 Å². The van der Waals surface area contributed by atoms with E-state index >= 15 is 0 Å². The first-order chi connectivity index (χ1) is 9.10. The van der Waals surface area contributed by atoms with Gasteiger partial charge in [0.15, 0.2) is 0 Å². The van der Waals surface area contributed by atoms with Crippen LogP contribution in [0, 0.1) is 6.92 Å². The maximum Gasteiger partial charge on any atom is 0.118 e. The summed E-state index contributed by atoms with van der Waals surface area (Å²) in [5.41, 5.74) is 0. The van der Waals surface area contributed by atoms with Crippen LogP contribution in [0.3, 0.4) is 0 Å². The molecule has 2 heterocycles. The molecular formula is C15H26N2O2. The molecule has 0 amide bonds. The highest BCUT2D eigenvalue weighted by Crippen LogP contribution is 2.18. The van der Waals surface area contributed by atoms with Gasteiger partial charge in [-0.15, -0.1) is 0 Å². The van der Waals surface area contributed by atoms with Crippen LogP contribution < -0.4 is 0 Å². The van der Waals surface area contributed by atoms with Gasteiger partial charge in [0.05, 0.1) is 6.54 Å². The fourth-order valence-electron chi connectivity index (χ4n) is 2.95. The van der Waals surface area contributed by atoms with Crippen LogP contribution >= 0.6 is 0 Å². The van der Waals surface area contributed by atoms with E-state index < -0.39 is 0 Å². The van der Waals surface area contributed by atoms with Crippen LogP contribution in [0.2, 0.25) is 0 Å². The molecule has 0 radical (unpaired) electrons. The molecule has 4 heteroatoms. The van der Waals surface area contributed by atoms with Crippen molar-refractivity contribution in [3.63, 3.8) is 0 Å². The van der Waals surface area contributed by atoms with Crippen molar-refractivity contribution in [3.8, 4) is 0 Å². The minimum absolute atomic E-state index is 0.265. The van der Waals surface area contributed by atoms with Gasteiger partial charge in [-0.3, -0.25) is 9.80 Å². The van der Waals surface area contributed by atoms with Crippen LogP contribution in [-0.4, -0.2) is 53.2 Å². The van der Waals surface area contributed by atoms with E-state index in [9.17, 15) is 5.11 Å². The third-order valence-corrected chi connectivity index (χ3v) is 3.91. The number of rotatable bonds is 5. The van der Waals surface area contributed by atoms with Gasteiger partial charge in [-0.2, -0.15) is 0 Å². The van der Waals surface area contributed by atoms with Gasteiger partial charge in [0.25, 0.3) is 0 Å². The maximum absolute atomic E-state index is 9.23. The van der Waals surface area contributed by atoms with Gasteiger partial charge < -0.3 is 9.52 Å². The molecule has 1 aliphatic heterocycles. The summed E-state index contributed by atoms with van der Waals surface area (Å²) < 4.78 is 5.65. The van der Waals surface area contributed by atoms with Gasteiger partial charge in [-0.05, 0) is 39.3 Å². The molecule has 0 aliphatic carbocycles. The minimum Gasteiger partial charge on any atom is -0.465 e. The molecule has 0 saturated carbocycles. The Labute approximate surface area is 116 Å². The normalized spacial score (nSPS) is 22.3. The monoisotopic (exact) mass is 266 g/mol. The molecule has 1 aliphatic rings. The molecule has 108 valence electrons. The van der Waals surface area contributed by atoms with Crippen molar-refractivity contribution in [1.82, 2.24) is 9.80 Å². The molecular weight excluding hydrogens is 240 g/mol. The van der Waals surface area contributed by atoms with Crippen molar-refractivity contribution in [1.29, 1.82) is 0 Å². The van der Waals surface area contributed by atoms with Crippen molar-refractivity contribution in [3.05, 3.63) is 23.7 Å². The molecule has 19 heavy (non-hydrogen) atoms. The Balaban J connectivity index is 1.94. The lowest BCUT2D eigenvalue weighted by Crippen LogP contribution is -2.55. The SMILES string of the molecule is Cc1ccc(CN2CCN(C(C)C)[C@@H](CCO)C2)o1. The van der Waals surface area contributed by atoms with Crippen molar-refractivity contribution in [2.75, 3.05) is 26.2 Å². The Kier molecular flexibility index (Phi) is 5.02. The highest BCUT2D eigenvalue weighted by atomic mass is 16.3. The highest BCUT2D eigenvalue weighted by Gasteiger charge is 2.28. The molecule has 0 bridgehead atoms. The zero-order chi connectivity index (χ0) is 13.8. The Bertz CT molecular complexity index is 389. The topological polar surface area (TPSA) is 39.9 Å². The van der Waals surface area contributed by atoms with Crippen molar-refractivity contribution < 1.29 is 9.52 Å². The lowest BCUT2D eigenvalue weighted by molar-refractivity contribution is 0.0322. The van der Waals surface area contributed by atoms with Crippen molar-refractivity contribution >= 4 is 0 Å². The molecule has 1 fully saturated rings. The second kappa shape index (κ2) is 6.55. The second-order valence-electron chi connectivity index (χ2n) is 5.75. The molecule has 1 saturated heterocycles. The van der Waals surface area contributed by atoms with E-state index in [0.29, 0.717) is 12.1 Å². The average Bonchev–Trinajstić information content (AvgIpc) is 2.75. The minimum atomic E-state index is 0.265. The van der Waals surface area contributed by atoms with Crippen LogP contribution in [-0.2, 0) is 6.54 Å². The predicted molar refractivity (Wildman–Crippen MR) is 76.1 cm³/mol. The summed E-state index contributed by atoms with van der Waals surface area (Å²) in [6.07, 6.45) is 0.853. The number of piperazine rings is 1. The molecule has 1 aromatic heterocycles. The smallest absolute Gasteiger partial charge is 0.118 e. The van der Waals surface area contributed by atoms with Gasteiger partial charge in [0.2, 0.25) is 0 Å². The fraction of sp³-hybridized carbons (Fsp3) is 0.733. The Morgan fingerprint density at radius 1 is 1.37 bits per heavy atom. The first-order valence-corrected chi connectivity index (χ1v) is 7.24. The highest BCUT2D eigenvalue weighted by molar-refractivity contribution is 5.05. The number of hydrogen-bond donors (Lipinski definition) is 1. The Morgan fingerprint density at radius 3 is 2.74 bits per heavy atom. The Morgan fingerprint density at radius 2 is 2.16 bits per heavy atom. The van der Waals surface area contributed by atoms with Gasteiger partial charge >= 0.3 is 0 Å². The molecule has 0 spiro atoms. The number of hydrogen-bond acceptors (Lipinski definition) is 4. The van der Waals surface area contributed by atoms with Crippen LogP contribution in [0.1, 0.15) is 31.8 Å². The molecule has 4 nitrogen and oxygen atoms in total. The van der Waals surface area contributed by atoms with Crippen molar-refractivity contribution in [2.45, 2.75) is 45.8 Å². The number of aliphatic hydroxyl groups is 1. The first-order valence-electron chi connectivity index (χ1n) is 7.24. The number of furan rings is 1. The van der Waals surface area contributed by atoms with Crippen LogP contribution in [0.4, 0.5) is 0 Å². The quantitative estimate of drug-likeness (QED) is 0.883. The third kappa shape index (κ3) is 3.81. The summed E-state index contributed by atoms with van der Waals surface area (Å²) >= 11 is 0. The molecule has 0 unspecified atom stereocenters. The van der Waals surface area contributed by atoms with Gasteiger partial charge in [0.1, 0.15) is 11.5 Å². The van der Waals surface area contributed by atoms with E-state index in [1.54, 1.807) is 0 Å². The van der Waals surface area contributed by atoms with E-state index in [-0.39, 0.29) is 6.61 Å². The fourth-order valence-corrected chi connectivity index (χ4v) is 2.95. The predicted octanol–water partition coefficient (Wildman–Crippen LogP) is 1.87. The summed E-state index contributed by atoms with van der Waals surface area (Å²) in [5, 5.41) is 9.23. The van der Waals surface area contributed by atoms with E-state index in [2.05, 4.69) is 29.7 Å². The zero-order valence-corrected chi connectivity index (χ0v) is 12.3. The standard InChI is InChI=1S/C15H26N2O2/c1-12(2)17-8-7-16(10-14(17)6-9-18)11-15-5-4-13(3)19-15/h4-5,12,14,18H,6-11H2,1-3H3/t14-/m0/s1. The molecule has 2 rings (SSSR count). The van der Waals surface area contributed by atoms with Gasteiger partial charge in [-0.1, -0.05) is 0 Å². The molecule has 1 aromatic rings. The first kappa shape index (κ1) is 14.6. The van der Waals surface area contributed by atoms with Gasteiger partial charge in [0, 0.05) is 38.3 Å². The lowest BCUT2D eigenvalue weighted by atomic mass is 10.1. The van der Waals surface area contributed by atoms with Crippen molar-refractivity contribution in [2.24, 2.45) is 0 Å². The zero-order valence-electron chi connectivity index (χ0n) is 12.3. The van der Waals surface area contributed by atoms with E-state index in [0.717, 1.165) is 44.1 Å². The molecule has 1 N–H and O–H groups in total. The summed E-state index contributed by atoms with van der Waals surface area (Å²) in [7, 11) is 0. The van der Waals surface area contributed by atoms with Crippen LogP contribution in [0.5, 0.6) is 0 Å². The number of nitrogens with zero attached hydrogens (tertiary/aromatic N) is 2. The molecule has 0 aromatic carbocycles. The second-order valence-corrected chi connectivity index (χ2v) is 5.75. The van der Waals surface area contributed by atoms with Gasteiger partial charge in [-0.25, -0.2) is 0 Å². The summed E-state index contributed by atoms with van der Waals surface area (Å²) in [6, 6.07) is 5.08. The number of aryl methyl sites for hydroxylation is 1. The van der Waals surface area contributed by atoms with E-state index in [1.807, 2.05) is 13.0 Å². The van der Waals surface area contributed by atoms with E-state index in [1.165, 1.54) is 0 Å². The largest absolute Gasteiger partial charge is 0.465 e. The average molecular weight is 266 g/mol. The van der Waals surface area contributed by atoms with Crippen LogP contribution in [0.15, 0.2) is 16.5 Å². The maximum atomic E-state index is 9.23. The van der Waals surface area contributed by atoms with E-state index in [4.69, 9.17) is 4.42 Å². The summed E-state index contributed by atoms with van der Waals surface area (Å²) in [4.78, 5) is 4.93. The molecule has 1 atom stereocenters. The number of aliphatic hydroxyl groups excluding tert-OH is 1. The summed E-state index contributed by atoms with van der Waals surface area (Å²) in [5.74, 6) is 2.01. The third-order valence-electron chi connectivity index (χ3n) is 3.91.